The highest BCUT2D eigenvalue weighted by Crippen LogP contribution is 2.44. The van der Waals surface area contributed by atoms with E-state index in [4.69, 9.17) is 0 Å². The van der Waals surface area contributed by atoms with Crippen molar-refractivity contribution in [2.75, 3.05) is 0 Å². The van der Waals surface area contributed by atoms with Gasteiger partial charge in [-0.05, 0) is 147 Å². The molecule has 4 saturated carbocycles. The van der Waals surface area contributed by atoms with E-state index in [1.54, 1.807) is 12.1 Å². The summed E-state index contributed by atoms with van der Waals surface area (Å²) in [6, 6.07) is 9.65. The predicted molar refractivity (Wildman–Crippen MR) is 180 cm³/mol. The summed E-state index contributed by atoms with van der Waals surface area (Å²) in [4.78, 5) is 0. The van der Waals surface area contributed by atoms with E-state index in [1.165, 1.54) is 108 Å². The molecule has 262 valence electrons. The van der Waals surface area contributed by atoms with Crippen LogP contribution in [-0.2, 0) is 0 Å². The molecule has 0 atom stereocenters. The van der Waals surface area contributed by atoms with Crippen LogP contribution in [0.15, 0.2) is 36.4 Å². The van der Waals surface area contributed by atoms with Gasteiger partial charge >= 0.3 is 6.61 Å². The average Bonchev–Trinajstić information content (AvgIpc) is 3.08. The summed E-state index contributed by atoms with van der Waals surface area (Å²) in [7, 11) is 0. The lowest BCUT2D eigenvalue weighted by atomic mass is 9.68. The normalized spacial score (nSPS) is 31.6. The van der Waals surface area contributed by atoms with Crippen LogP contribution in [0.4, 0.5) is 22.0 Å². The Labute approximate surface area is 280 Å². The van der Waals surface area contributed by atoms with Crippen molar-refractivity contribution >= 4 is 0 Å². The van der Waals surface area contributed by atoms with Gasteiger partial charge in [0.2, 0.25) is 0 Å². The zero-order valence-electron chi connectivity index (χ0n) is 28.7. The topological polar surface area (TPSA) is 9.23 Å². The third-order valence-corrected chi connectivity index (χ3v) is 12.5. The van der Waals surface area contributed by atoms with Crippen LogP contribution in [0, 0.1) is 53.0 Å². The summed E-state index contributed by atoms with van der Waals surface area (Å²) >= 11 is 0. The summed E-state index contributed by atoms with van der Waals surface area (Å²) in [6.07, 6.45) is 23.2. The minimum atomic E-state index is -2.74. The Kier molecular flexibility index (Phi) is 13.5. The van der Waals surface area contributed by atoms with Crippen molar-refractivity contribution in [2.45, 2.75) is 148 Å². The maximum atomic E-state index is 13.4. The highest BCUT2D eigenvalue weighted by Gasteiger charge is 2.30. The number of ether oxygens (including phenoxy) is 1. The number of halogens is 5. The van der Waals surface area contributed by atoms with Crippen LogP contribution in [0.5, 0.6) is 5.75 Å². The quantitative estimate of drug-likeness (QED) is 0.202. The van der Waals surface area contributed by atoms with Gasteiger partial charge in [-0.1, -0.05) is 77.3 Å². The zero-order valence-corrected chi connectivity index (χ0v) is 28.7. The molecule has 0 N–H and O–H groups in total. The molecule has 1 nitrogen and oxygen atoms in total. The van der Waals surface area contributed by atoms with Gasteiger partial charge in [0.1, 0.15) is 5.75 Å². The molecule has 2 aromatic rings. The Hall–Kier alpha value is -2.11. The molecule has 0 bridgehead atoms. The first-order valence-electron chi connectivity index (χ1n) is 18.8. The molecular formula is C41H57F5O. The van der Waals surface area contributed by atoms with Gasteiger partial charge < -0.3 is 4.74 Å². The summed E-state index contributed by atoms with van der Waals surface area (Å²) < 4.78 is 68.7. The van der Waals surface area contributed by atoms with Crippen molar-refractivity contribution in [1.82, 2.24) is 0 Å². The molecule has 0 radical (unpaired) electrons. The minimum absolute atomic E-state index is 0.182. The van der Waals surface area contributed by atoms with Crippen molar-refractivity contribution < 1.29 is 26.7 Å². The minimum Gasteiger partial charge on any atom is -0.435 e. The monoisotopic (exact) mass is 660 g/mol. The van der Waals surface area contributed by atoms with Crippen LogP contribution >= 0.6 is 0 Å². The van der Waals surface area contributed by atoms with Gasteiger partial charge in [-0.2, -0.15) is 8.78 Å². The van der Waals surface area contributed by atoms with Crippen molar-refractivity contribution in [1.29, 1.82) is 0 Å². The Balaban J connectivity index is 0.000000185. The average molecular weight is 661 g/mol. The fraction of sp³-hybridized carbons (Fsp3) is 0.707. The van der Waals surface area contributed by atoms with E-state index in [0.717, 1.165) is 61.2 Å². The highest BCUT2D eigenvalue weighted by atomic mass is 19.3. The summed E-state index contributed by atoms with van der Waals surface area (Å²) in [6.45, 7) is 2.00. The molecule has 6 heteroatoms. The fourth-order valence-electron chi connectivity index (χ4n) is 9.29. The molecular weight excluding hydrogens is 603 g/mol. The van der Waals surface area contributed by atoms with E-state index < -0.39 is 24.1 Å². The number of hydrogen-bond donors (Lipinski definition) is 0. The second-order valence-corrected chi connectivity index (χ2v) is 15.8. The lowest BCUT2D eigenvalue weighted by Gasteiger charge is -2.37. The molecule has 0 aromatic heterocycles. The summed E-state index contributed by atoms with van der Waals surface area (Å²) in [5.41, 5.74) is 1.91. The molecule has 0 unspecified atom stereocenters. The van der Waals surface area contributed by atoms with Gasteiger partial charge in [0, 0.05) is 0 Å². The van der Waals surface area contributed by atoms with E-state index >= 15 is 0 Å². The van der Waals surface area contributed by atoms with Crippen molar-refractivity contribution in [2.24, 2.45) is 35.5 Å². The Morgan fingerprint density at radius 1 is 0.553 bits per heavy atom. The van der Waals surface area contributed by atoms with Crippen molar-refractivity contribution in [3.05, 3.63) is 65.0 Å². The van der Waals surface area contributed by atoms with E-state index in [9.17, 15) is 22.0 Å². The van der Waals surface area contributed by atoms with Crippen LogP contribution in [0.3, 0.4) is 0 Å². The molecule has 0 amide bonds. The highest BCUT2D eigenvalue weighted by molar-refractivity contribution is 5.30. The predicted octanol–water partition coefficient (Wildman–Crippen LogP) is 13.4. The molecule has 4 aliphatic carbocycles. The molecule has 0 saturated heterocycles. The van der Waals surface area contributed by atoms with Gasteiger partial charge in [0.05, 0.1) is 0 Å². The molecule has 0 heterocycles. The fourth-order valence-corrected chi connectivity index (χ4v) is 9.29. The van der Waals surface area contributed by atoms with Crippen LogP contribution in [-0.4, -0.2) is 6.61 Å². The molecule has 47 heavy (non-hydrogen) atoms. The SMILES string of the molecule is CC1CCC(C2CCC(c3ccc(OC(F)F)cc3)CC2)CC1.CC1CCC(CCC2CCC(c3cc(F)c(F)c(F)c3)CC2)CC1. The van der Waals surface area contributed by atoms with Gasteiger partial charge in [0.25, 0.3) is 0 Å². The molecule has 4 fully saturated rings. The van der Waals surface area contributed by atoms with Crippen LogP contribution in [0.25, 0.3) is 0 Å². The van der Waals surface area contributed by atoms with E-state index in [2.05, 4.69) is 18.6 Å². The first kappa shape index (κ1) is 36.2. The van der Waals surface area contributed by atoms with Crippen LogP contribution < -0.4 is 4.74 Å². The Bertz CT molecular complexity index is 1180. The molecule has 4 aliphatic rings. The number of rotatable bonds is 8. The van der Waals surface area contributed by atoms with E-state index in [1.807, 2.05) is 12.1 Å². The molecule has 0 spiro atoms. The van der Waals surface area contributed by atoms with Crippen LogP contribution in [0.2, 0.25) is 0 Å². The van der Waals surface area contributed by atoms with Crippen molar-refractivity contribution in [3.8, 4) is 5.75 Å². The largest absolute Gasteiger partial charge is 0.435 e. The Morgan fingerprint density at radius 3 is 1.45 bits per heavy atom. The van der Waals surface area contributed by atoms with Gasteiger partial charge in [-0.15, -0.1) is 0 Å². The first-order chi connectivity index (χ1) is 22.6. The third-order valence-electron chi connectivity index (χ3n) is 12.5. The van der Waals surface area contributed by atoms with Crippen molar-refractivity contribution in [3.63, 3.8) is 0 Å². The first-order valence-corrected chi connectivity index (χ1v) is 18.8. The van der Waals surface area contributed by atoms with Crippen LogP contribution in [0.1, 0.15) is 152 Å². The third kappa shape index (κ3) is 10.7. The summed E-state index contributed by atoms with van der Waals surface area (Å²) in [5, 5.41) is 0. The number of alkyl halides is 2. The van der Waals surface area contributed by atoms with Gasteiger partial charge in [-0.25, -0.2) is 13.2 Å². The summed E-state index contributed by atoms with van der Waals surface area (Å²) in [5.74, 6) is 2.95. The number of benzene rings is 2. The van der Waals surface area contributed by atoms with E-state index in [0.29, 0.717) is 11.5 Å². The van der Waals surface area contributed by atoms with Gasteiger partial charge in [-0.3, -0.25) is 0 Å². The lowest BCUT2D eigenvalue weighted by molar-refractivity contribution is -0.0498. The molecule has 0 aliphatic heterocycles. The van der Waals surface area contributed by atoms with Gasteiger partial charge in [0.15, 0.2) is 17.5 Å². The smallest absolute Gasteiger partial charge is 0.387 e. The lowest BCUT2D eigenvalue weighted by Crippen LogP contribution is -2.24. The zero-order chi connectivity index (χ0) is 33.3. The number of hydrogen-bond acceptors (Lipinski definition) is 1. The van der Waals surface area contributed by atoms with E-state index in [-0.39, 0.29) is 11.7 Å². The molecule has 6 rings (SSSR count). The Morgan fingerprint density at radius 2 is 0.957 bits per heavy atom. The second kappa shape index (κ2) is 17.5. The standard InChI is InChI=1S/C21H29F3.C20H28F2O/c1-14-2-4-15(5-3-14)6-7-16-8-10-17(11-9-16)18-12-19(22)21(24)20(23)13-18;1-14-2-4-15(5-3-14)16-6-8-17(9-7-16)18-10-12-19(13-11-18)23-20(21)22/h12-17H,2-11H2,1H3;10-17,20H,2-9H2,1H3. The second-order valence-electron chi connectivity index (χ2n) is 15.8. The molecule has 2 aromatic carbocycles. The maximum Gasteiger partial charge on any atom is 0.387 e. The maximum absolute atomic E-state index is 13.4.